The summed E-state index contributed by atoms with van der Waals surface area (Å²) in [5.41, 5.74) is 1.01. The van der Waals surface area contributed by atoms with Gasteiger partial charge in [-0.2, -0.15) is 0 Å². The second kappa shape index (κ2) is 12.9. The maximum absolute atomic E-state index is 12.2. The molecule has 2 aliphatic heterocycles. The predicted octanol–water partition coefficient (Wildman–Crippen LogP) is 1.55. The van der Waals surface area contributed by atoms with Crippen LogP contribution in [0.5, 0.6) is 5.75 Å². The molecule has 31 heavy (non-hydrogen) atoms. The molecule has 1 unspecified atom stereocenters. The highest BCUT2D eigenvalue weighted by molar-refractivity contribution is 5.73. The molecule has 2 N–H and O–H groups in total. The van der Waals surface area contributed by atoms with Gasteiger partial charge in [-0.15, -0.1) is 0 Å². The van der Waals surface area contributed by atoms with Gasteiger partial charge in [-0.25, -0.2) is 4.79 Å². The Hall–Kier alpha value is -1.87. The topological polar surface area (TPSA) is 75.3 Å². The van der Waals surface area contributed by atoms with Crippen LogP contribution < -0.4 is 15.4 Å². The highest BCUT2D eigenvalue weighted by atomic mass is 16.5. The predicted molar refractivity (Wildman–Crippen MR) is 120 cm³/mol. The Balaban J connectivity index is 1.32. The smallest absolute Gasteiger partial charge is 0.315 e. The van der Waals surface area contributed by atoms with Crippen LogP contribution in [-0.2, 0) is 16.0 Å². The number of rotatable bonds is 10. The summed E-state index contributed by atoms with van der Waals surface area (Å²) in [4.78, 5) is 17.0. The first-order chi connectivity index (χ1) is 15.1. The quantitative estimate of drug-likeness (QED) is 0.582. The zero-order valence-electron chi connectivity index (χ0n) is 19.0. The van der Waals surface area contributed by atoms with Crippen LogP contribution in [0, 0.1) is 5.92 Å². The molecule has 2 aliphatic rings. The first kappa shape index (κ1) is 23.8. The molecular weight excluding hydrogens is 396 g/mol. The van der Waals surface area contributed by atoms with Gasteiger partial charge in [0, 0.05) is 52.4 Å². The zero-order valence-corrected chi connectivity index (χ0v) is 19.0. The Morgan fingerprint density at radius 2 is 1.97 bits per heavy atom. The number of urea groups is 1. The largest absolute Gasteiger partial charge is 0.492 e. The summed E-state index contributed by atoms with van der Waals surface area (Å²) in [7, 11) is 0. The number of carbonyl (C=O) groups excluding carboxylic acids is 1. The molecule has 0 aliphatic carbocycles. The Bertz CT molecular complexity index is 667. The number of ether oxygens (including phenoxy) is 3. The number of nitrogens with one attached hydrogen (secondary N) is 2. The van der Waals surface area contributed by atoms with E-state index in [1.165, 1.54) is 0 Å². The summed E-state index contributed by atoms with van der Waals surface area (Å²) in [5, 5.41) is 5.85. The van der Waals surface area contributed by atoms with Crippen molar-refractivity contribution >= 4 is 6.03 Å². The Kier molecular flexibility index (Phi) is 9.86. The number of hydrogen-bond acceptors (Lipinski definition) is 6. The van der Waals surface area contributed by atoms with E-state index in [2.05, 4.69) is 34.3 Å². The van der Waals surface area contributed by atoms with Gasteiger partial charge >= 0.3 is 6.03 Å². The number of hydrogen-bond donors (Lipinski definition) is 2. The van der Waals surface area contributed by atoms with Crippen LogP contribution in [0.25, 0.3) is 0 Å². The van der Waals surface area contributed by atoms with Crippen LogP contribution in [0.4, 0.5) is 4.79 Å². The van der Waals surface area contributed by atoms with Crippen LogP contribution in [0.15, 0.2) is 24.3 Å². The van der Waals surface area contributed by atoms with Gasteiger partial charge in [-0.05, 0) is 23.6 Å². The average molecular weight is 435 g/mol. The van der Waals surface area contributed by atoms with E-state index in [1.54, 1.807) is 0 Å². The molecule has 3 rings (SSSR count). The maximum Gasteiger partial charge on any atom is 0.315 e. The van der Waals surface area contributed by atoms with E-state index in [4.69, 9.17) is 14.2 Å². The molecule has 1 atom stereocenters. The van der Waals surface area contributed by atoms with E-state index in [0.29, 0.717) is 25.6 Å². The Morgan fingerprint density at radius 3 is 2.77 bits per heavy atom. The summed E-state index contributed by atoms with van der Waals surface area (Å²) < 4.78 is 17.0. The Labute approximate surface area is 186 Å². The first-order valence-electron chi connectivity index (χ1n) is 11.5. The fraction of sp³-hybridized carbons (Fsp3) is 0.696. The number of morpholine rings is 2. The fourth-order valence-corrected chi connectivity index (χ4v) is 3.90. The molecule has 2 amide bonds. The van der Waals surface area contributed by atoms with Crippen LogP contribution in [0.2, 0.25) is 0 Å². The SMILES string of the molecule is CC(C)CN1CCOC(CNC(=O)NCc2cccc(OCCN3CCOCC3)c2)C1. The molecule has 1 aromatic rings. The number of amides is 2. The normalized spacial score (nSPS) is 20.5. The number of benzene rings is 1. The third-order valence-electron chi connectivity index (χ3n) is 5.47. The van der Waals surface area contributed by atoms with Gasteiger partial charge in [0.15, 0.2) is 0 Å². The van der Waals surface area contributed by atoms with Gasteiger partial charge in [0.1, 0.15) is 12.4 Å². The summed E-state index contributed by atoms with van der Waals surface area (Å²) in [6.45, 7) is 14.1. The molecule has 2 heterocycles. The van der Waals surface area contributed by atoms with Crippen molar-refractivity contribution in [1.82, 2.24) is 20.4 Å². The monoisotopic (exact) mass is 434 g/mol. The Morgan fingerprint density at radius 1 is 1.16 bits per heavy atom. The minimum atomic E-state index is -0.178. The molecule has 0 spiro atoms. The van der Waals surface area contributed by atoms with Crippen LogP contribution in [0.1, 0.15) is 19.4 Å². The zero-order chi connectivity index (χ0) is 21.9. The van der Waals surface area contributed by atoms with Crippen molar-refractivity contribution in [2.75, 3.05) is 72.2 Å². The molecule has 0 saturated carbocycles. The van der Waals surface area contributed by atoms with Gasteiger partial charge in [0.05, 0.1) is 25.9 Å². The van der Waals surface area contributed by atoms with Crippen molar-refractivity contribution in [1.29, 1.82) is 0 Å². The van der Waals surface area contributed by atoms with Crippen molar-refractivity contribution in [3.05, 3.63) is 29.8 Å². The molecule has 0 radical (unpaired) electrons. The van der Waals surface area contributed by atoms with Crippen LogP contribution in [-0.4, -0.2) is 94.2 Å². The van der Waals surface area contributed by atoms with Crippen LogP contribution >= 0.6 is 0 Å². The summed E-state index contributed by atoms with van der Waals surface area (Å²) in [6.07, 6.45) is 0.0430. The van der Waals surface area contributed by atoms with E-state index < -0.39 is 0 Å². The van der Waals surface area contributed by atoms with E-state index in [1.807, 2.05) is 24.3 Å². The molecule has 0 aromatic heterocycles. The minimum Gasteiger partial charge on any atom is -0.492 e. The molecule has 1 aromatic carbocycles. The molecule has 2 saturated heterocycles. The van der Waals surface area contributed by atoms with Gasteiger partial charge in [-0.1, -0.05) is 26.0 Å². The lowest BCUT2D eigenvalue weighted by Crippen LogP contribution is -2.49. The van der Waals surface area contributed by atoms with Crippen molar-refractivity contribution in [3.63, 3.8) is 0 Å². The van der Waals surface area contributed by atoms with Crippen LogP contribution in [0.3, 0.4) is 0 Å². The highest BCUT2D eigenvalue weighted by Gasteiger charge is 2.21. The standard InChI is InChI=1S/C23H38N4O4/c1-19(2)17-27-9-13-31-22(18-27)16-25-23(28)24-15-20-4-3-5-21(14-20)30-12-8-26-6-10-29-11-7-26/h3-5,14,19,22H,6-13,15-18H2,1-2H3,(H2,24,25,28). The van der Waals surface area contributed by atoms with Crippen molar-refractivity contribution in [2.24, 2.45) is 5.92 Å². The highest BCUT2D eigenvalue weighted by Crippen LogP contribution is 2.13. The molecule has 174 valence electrons. The van der Waals surface area contributed by atoms with E-state index >= 15 is 0 Å². The summed E-state index contributed by atoms with van der Waals surface area (Å²) in [5.74, 6) is 1.46. The van der Waals surface area contributed by atoms with E-state index in [0.717, 1.165) is 70.4 Å². The van der Waals surface area contributed by atoms with Crippen molar-refractivity contribution in [3.8, 4) is 5.75 Å². The van der Waals surface area contributed by atoms with Crippen molar-refractivity contribution in [2.45, 2.75) is 26.5 Å². The van der Waals surface area contributed by atoms with Crippen molar-refractivity contribution < 1.29 is 19.0 Å². The number of nitrogens with zero attached hydrogens (tertiary/aromatic N) is 2. The van der Waals surface area contributed by atoms with Gasteiger partial charge < -0.3 is 24.8 Å². The summed E-state index contributed by atoms with van der Waals surface area (Å²) in [6, 6.07) is 7.70. The molecule has 0 bridgehead atoms. The van der Waals surface area contributed by atoms with E-state index in [9.17, 15) is 4.79 Å². The van der Waals surface area contributed by atoms with Gasteiger partial charge in [0.25, 0.3) is 0 Å². The summed E-state index contributed by atoms with van der Waals surface area (Å²) >= 11 is 0. The minimum absolute atomic E-state index is 0.0430. The molecule has 8 heteroatoms. The third-order valence-corrected chi connectivity index (χ3v) is 5.47. The van der Waals surface area contributed by atoms with Gasteiger partial charge in [-0.3, -0.25) is 9.80 Å². The molecule has 8 nitrogen and oxygen atoms in total. The second-order valence-corrected chi connectivity index (χ2v) is 8.66. The second-order valence-electron chi connectivity index (χ2n) is 8.66. The third kappa shape index (κ3) is 9.03. The molecule has 2 fully saturated rings. The lowest BCUT2D eigenvalue weighted by Gasteiger charge is -2.33. The first-order valence-corrected chi connectivity index (χ1v) is 11.5. The average Bonchev–Trinajstić information content (AvgIpc) is 2.77. The maximum atomic E-state index is 12.2. The van der Waals surface area contributed by atoms with E-state index in [-0.39, 0.29) is 12.1 Å². The molecular formula is C23H38N4O4. The fourth-order valence-electron chi connectivity index (χ4n) is 3.90. The van der Waals surface area contributed by atoms with Gasteiger partial charge in [0.2, 0.25) is 0 Å². The lowest BCUT2D eigenvalue weighted by atomic mass is 10.2. The lowest BCUT2D eigenvalue weighted by molar-refractivity contribution is -0.0290. The number of carbonyl (C=O) groups is 1.